The van der Waals surface area contributed by atoms with Crippen molar-refractivity contribution in [3.63, 3.8) is 0 Å². The van der Waals surface area contributed by atoms with E-state index in [-0.39, 0.29) is 12.3 Å². The van der Waals surface area contributed by atoms with Gasteiger partial charge < -0.3 is 30.0 Å². The Bertz CT molecular complexity index is 804. The normalized spacial score (nSPS) is 12.4. The second-order valence-electron chi connectivity index (χ2n) is 6.49. The molecule has 2 aromatic carbocycles. The zero-order valence-electron chi connectivity index (χ0n) is 17.7. The number of hydrogen-bond donors (Lipinski definition) is 3. The lowest BCUT2D eigenvalue weighted by molar-refractivity contribution is -0.0498. The van der Waals surface area contributed by atoms with Gasteiger partial charge in [-0.2, -0.15) is 8.78 Å². The molecule has 7 nitrogen and oxygen atoms in total. The molecule has 0 saturated heterocycles. The standard InChI is InChI=1S/C22H29F2N3O4/c1-3-25-22(26-12-5-13-30-19-7-4-6-18(14-19)29-2)27-15-20(28)16-8-10-17(11-9-16)31-21(23)24/h4,6-11,14,20-21,28H,3,5,12-13,15H2,1-2H3,(H2,25,26,27). The summed E-state index contributed by atoms with van der Waals surface area (Å²) in [4.78, 5) is 4.37. The Labute approximate surface area is 181 Å². The third-order valence-corrected chi connectivity index (χ3v) is 4.18. The van der Waals surface area contributed by atoms with Crippen LogP contribution in [0.3, 0.4) is 0 Å². The van der Waals surface area contributed by atoms with E-state index in [9.17, 15) is 13.9 Å². The van der Waals surface area contributed by atoms with Crippen molar-refractivity contribution in [2.45, 2.75) is 26.1 Å². The van der Waals surface area contributed by atoms with E-state index in [0.29, 0.717) is 31.2 Å². The number of hydrogen-bond acceptors (Lipinski definition) is 5. The lowest BCUT2D eigenvalue weighted by Crippen LogP contribution is -2.38. The van der Waals surface area contributed by atoms with Crippen LogP contribution in [-0.4, -0.2) is 51.0 Å². The number of nitrogens with one attached hydrogen (secondary N) is 2. The van der Waals surface area contributed by atoms with Crippen molar-refractivity contribution in [1.82, 2.24) is 10.6 Å². The van der Waals surface area contributed by atoms with Crippen LogP contribution in [0.5, 0.6) is 17.2 Å². The Hall–Kier alpha value is -3.07. The van der Waals surface area contributed by atoms with Crippen LogP contribution in [0.4, 0.5) is 8.78 Å². The Kier molecular flexibility index (Phi) is 10.4. The Morgan fingerprint density at radius 1 is 1.06 bits per heavy atom. The largest absolute Gasteiger partial charge is 0.497 e. The zero-order chi connectivity index (χ0) is 22.5. The predicted molar refractivity (Wildman–Crippen MR) is 115 cm³/mol. The topological polar surface area (TPSA) is 84.3 Å². The molecule has 0 aliphatic carbocycles. The first-order valence-electron chi connectivity index (χ1n) is 10.0. The fourth-order valence-corrected chi connectivity index (χ4v) is 2.66. The molecular weight excluding hydrogens is 408 g/mol. The second-order valence-corrected chi connectivity index (χ2v) is 6.49. The highest BCUT2D eigenvalue weighted by Crippen LogP contribution is 2.20. The van der Waals surface area contributed by atoms with Crippen LogP contribution in [0.1, 0.15) is 25.0 Å². The van der Waals surface area contributed by atoms with Gasteiger partial charge in [-0.05, 0) is 43.2 Å². The third-order valence-electron chi connectivity index (χ3n) is 4.18. The van der Waals surface area contributed by atoms with Crippen molar-refractivity contribution < 1.29 is 28.1 Å². The van der Waals surface area contributed by atoms with Gasteiger partial charge in [0.1, 0.15) is 17.2 Å². The smallest absolute Gasteiger partial charge is 0.387 e. The number of guanidine groups is 1. The van der Waals surface area contributed by atoms with Crippen LogP contribution in [-0.2, 0) is 0 Å². The molecule has 0 spiro atoms. The maximum absolute atomic E-state index is 12.2. The minimum atomic E-state index is -2.88. The van der Waals surface area contributed by atoms with Crippen LogP contribution in [0.15, 0.2) is 53.5 Å². The molecule has 0 amide bonds. The van der Waals surface area contributed by atoms with Crippen LogP contribution >= 0.6 is 0 Å². The second kappa shape index (κ2) is 13.3. The molecule has 0 aromatic heterocycles. The first-order chi connectivity index (χ1) is 15.0. The molecule has 0 bridgehead atoms. The van der Waals surface area contributed by atoms with Gasteiger partial charge in [-0.1, -0.05) is 18.2 Å². The van der Waals surface area contributed by atoms with E-state index in [0.717, 1.165) is 17.9 Å². The molecular formula is C22H29F2N3O4. The molecule has 0 radical (unpaired) electrons. The number of aliphatic hydroxyl groups is 1. The highest BCUT2D eigenvalue weighted by molar-refractivity contribution is 5.79. The van der Waals surface area contributed by atoms with E-state index in [1.165, 1.54) is 24.3 Å². The van der Waals surface area contributed by atoms with Gasteiger partial charge in [0.05, 0.1) is 26.4 Å². The number of benzene rings is 2. The maximum Gasteiger partial charge on any atom is 0.387 e. The van der Waals surface area contributed by atoms with E-state index in [1.807, 2.05) is 31.2 Å². The van der Waals surface area contributed by atoms with Crippen molar-refractivity contribution in [2.75, 3.05) is 33.4 Å². The summed E-state index contributed by atoms with van der Waals surface area (Å²) in [6.07, 6.45) is -0.122. The number of nitrogens with zero attached hydrogens (tertiary/aromatic N) is 1. The summed E-state index contributed by atoms with van der Waals surface area (Å²) < 4.78 is 39.6. The van der Waals surface area contributed by atoms with Crippen LogP contribution in [0.2, 0.25) is 0 Å². The Morgan fingerprint density at radius 3 is 2.48 bits per heavy atom. The van der Waals surface area contributed by atoms with Gasteiger partial charge in [0.25, 0.3) is 0 Å². The predicted octanol–water partition coefficient (Wildman–Crippen LogP) is 3.35. The van der Waals surface area contributed by atoms with Gasteiger partial charge in [-0.3, -0.25) is 4.99 Å². The summed E-state index contributed by atoms with van der Waals surface area (Å²) in [6.45, 7) is 1.00. The first-order valence-corrected chi connectivity index (χ1v) is 10.0. The van der Waals surface area contributed by atoms with Crippen molar-refractivity contribution >= 4 is 5.96 Å². The summed E-state index contributed by atoms with van der Waals surface area (Å²) in [5.41, 5.74) is 0.563. The zero-order valence-corrected chi connectivity index (χ0v) is 17.7. The lowest BCUT2D eigenvalue weighted by atomic mass is 10.1. The number of halogens is 2. The summed E-state index contributed by atoms with van der Waals surface area (Å²) in [5.74, 6) is 2.10. The SMILES string of the molecule is CCNC(=NCC(O)c1ccc(OC(F)F)cc1)NCCCOc1cccc(OC)c1. The third kappa shape index (κ3) is 9.08. The summed E-state index contributed by atoms with van der Waals surface area (Å²) in [6, 6.07) is 13.3. The molecule has 0 aliphatic rings. The molecule has 31 heavy (non-hydrogen) atoms. The van der Waals surface area contributed by atoms with Gasteiger partial charge >= 0.3 is 6.61 Å². The first kappa shape index (κ1) is 24.2. The van der Waals surface area contributed by atoms with E-state index in [1.54, 1.807) is 7.11 Å². The van der Waals surface area contributed by atoms with Crippen LogP contribution < -0.4 is 24.8 Å². The van der Waals surface area contributed by atoms with Crippen LogP contribution in [0.25, 0.3) is 0 Å². The molecule has 9 heteroatoms. The van der Waals surface area contributed by atoms with Gasteiger partial charge in [0.15, 0.2) is 5.96 Å². The fraction of sp³-hybridized carbons (Fsp3) is 0.409. The Balaban J connectivity index is 1.77. The fourth-order valence-electron chi connectivity index (χ4n) is 2.66. The molecule has 2 rings (SSSR count). The number of methoxy groups -OCH3 is 1. The molecule has 170 valence electrons. The van der Waals surface area contributed by atoms with Gasteiger partial charge in [-0.25, -0.2) is 0 Å². The van der Waals surface area contributed by atoms with E-state index >= 15 is 0 Å². The minimum Gasteiger partial charge on any atom is -0.497 e. The molecule has 1 unspecified atom stereocenters. The van der Waals surface area contributed by atoms with Gasteiger partial charge in [-0.15, -0.1) is 0 Å². The number of rotatable bonds is 12. The quantitative estimate of drug-likeness (QED) is 0.268. The Morgan fingerprint density at radius 2 is 1.81 bits per heavy atom. The molecule has 2 aromatic rings. The van der Waals surface area contributed by atoms with E-state index < -0.39 is 12.7 Å². The number of ether oxygens (including phenoxy) is 3. The van der Waals surface area contributed by atoms with Crippen molar-refractivity contribution in [3.8, 4) is 17.2 Å². The summed E-state index contributed by atoms with van der Waals surface area (Å²) >= 11 is 0. The molecule has 0 aliphatic heterocycles. The number of aliphatic imine (C=N–C) groups is 1. The van der Waals surface area contributed by atoms with E-state index in [2.05, 4.69) is 20.4 Å². The average Bonchev–Trinajstić information content (AvgIpc) is 2.77. The molecule has 3 N–H and O–H groups in total. The molecule has 0 saturated carbocycles. The van der Waals surface area contributed by atoms with Crippen molar-refractivity contribution in [1.29, 1.82) is 0 Å². The summed E-state index contributed by atoms with van der Waals surface area (Å²) in [7, 11) is 1.61. The van der Waals surface area contributed by atoms with Crippen molar-refractivity contribution in [3.05, 3.63) is 54.1 Å². The van der Waals surface area contributed by atoms with Crippen molar-refractivity contribution in [2.24, 2.45) is 4.99 Å². The molecule has 1 atom stereocenters. The maximum atomic E-state index is 12.2. The highest BCUT2D eigenvalue weighted by Gasteiger charge is 2.09. The summed E-state index contributed by atoms with van der Waals surface area (Å²) in [5, 5.41) is 16.6. The van der Waals surface area contributed by atoms with Gasteiger partial charge in [0.2, 0.25) is 0 Å². The van der Waals surface area contributed by atoms with Gasteiger partial charge in [0, 0.05) is 19.2 Å². The van der Waals surface area contributed by atoms with E-state index in [4.69, 9.17) is 9.47 Å². The minimum absolute atomic E-state index is 0.0422. The molecule has 0 heterocycles. The monoisotopic (exact) mass is 437 g/mol. The van der Waals surface area contributed by atoms with Crippen LogP contribution in [0, 0.1) is 0 Å². The number of aliphatic hydroxyl groups excluding tert-OH is 1. The average molecular weight is 437 g/mol. The highest BCUT2D eigenvalue weighted by atomic mass is 19.3. The number of alkyl halides is 2. The molecule has 0 fully saturated rings. The lowest BCUT2D eigenvalue weighted by Gasteiger charge is -2.14.